The van der Waals surface area contributed by atoms with Crippen LogP contribution in [-0.2, 0) is 6.42 Å². The van der Waals surface area contributed by atoms with Crippen molar-refractivity contribution in [2.45, 2.75) is 32.6 Å². The van der Waals surface area contributed by atoms with E-state index < -0.39 is 0 Å². The zero-order valence-electron chi connectivity index (χ0n) is 13.9. The van der Waals surface area contributed by atoms with Crippen molar-refractivity contribution in [1.29, 1.82) is 0 Å². The van der Waals surface area contributed by atoms with Crippen molar-refractivity contribution < 1.29 is 9.18 Å². The minimum absolute atomic E-state index is 0.203. The number of carbonyl (C=O) groups is 1. The maximum absolute atomic E-state index is 13.6. The van der Waals surface area contributed by atoms with E-state index in [9.17, 15) is 9.18 Å². The molecule has 0 saturated heterocycles. The number of carbonyl (C=O) groups excluding carboxylic acids is 1. The van der Waals surface area contributed by atoms with Crippen molar-refractivity contribution in [2.75, 3.05) is 18.4 Å². The van der Waals surface area contributed by atoms with Gasteiger partial charge in [0.25, 0.3) is 5.91 Å². The van der Waals surface area contributed by atoms with Crippen LogP contribution in [0.25, 0.3) is 0 Å². The number of benzene rings is 1. The molecule has 0 unspecified atom stereocenters. The summed E-state index contributed by atoms with van der Waals surface area (Å²) < 4.78 is 13.6. The molecule has 2 aromatic rings. The predicted octanol–water partition coefficient (Wildman–Crippen LogP) is 3.19. The summed E-state index contributed by atoms with van der Waals surface area (Å²) in [7, 11) is 0. The van der Waals surface area contributed by atoms with Crippen LogP contribution in [0.3, 0.4) is 0 Å². The summed E-state index contributed by atoms with van der Waals surface area (Å²) >= 11 is 0. The first-order valence-electron chi connectivity index (χ1n) is 8.28. The van der Waals surface area contributed by atoms with Gasteiger partial charge >= 0.3 is 0 Å². The molecular formula is C18H23FN4O. The topological polar surface area (TPSA) is 66.9 Å². The van der Waals surface area contributed by atoms with Gasteiger partial charge in [-0.15, -0.1) is 0 Å². The Morgan fingerprint density at radius 1 is 1.17 bits per heavy atom. The number of aromatic nitrogens is 2. The van der Waals surface area contributed by atoms with Crippen LogP contribution in [0.1, 0.15) is 42.2 Å². The van der Waals surface area contributed by atoms with Gasteiger partial charge in [-0.25, -0.2) is 14.4 Å². The van der Waals surface area contributed by atoms with Crippen molar-refractivity contribution in [3.63, 3.8) is 0 Å². The normalized spacial score (nSPS) is 10.4. The molecule has 2 N–H and O–H groups in total. The van der Waals surface area contributed by atoms with E-state index >= 15 is 0 Å². The van der Waals surface area contributed by atoms with Crippen LogP contribution >= 0.6 is 0 Å². The molecule has 128 valence electrons. The highest BCUT2D eigenvalue weighted by molar-refractivity contribution is 5.92. The van der Waals surface area contributed by atoms with Gasteiger partial charge in [-0.1, -0.05) is 38.0 Å². The van der Waals surface area contributed by atoms with E-state index in [2.05, 4.69) is 27.5 Å². The number of hydrogen-bond acceptors (Lipinski definition) is 4. The molecule has 1 aromatic carbocycles. The summed E-state index contributed by atoms with van der Waals surface area (Å²) in [5.41, 5.74) is 0.975. The van der Waals surface area contributed by atoms with Gasteiger partial charge in [-0.3, -0.25) is 4.79 Å². The molecule has 0 spiro atoms. The lowest BCUT2D eigenvalue weighted by Crippen LogP contribution is -2.25. The lowest BCUT2D eigenvalue weighted by atomic mass is 10.1. The van der Waals surface area contributed by atoms with Crippen LogP contribution < -0.4 is 10.6 Å². The molecule has 1 heterocycles. The number of nitrogens with one attached hydrogen (secondary N) is 2. The van der Waals surface area contributed by atoms with E-state index in [1.807, 2.05) is 6.07 Å². The number of amides is 1. The average molecular weight is 330 g/mol. The van der Waals surface area contributed by atoms with E-state index in [-0.39, 0.29) is 11.7 Å². The molecule has 1 amide bonds. The molecule has 0 aliphatic rings. The number of nitrogens with zero attached hydrogens (tertiary/aromatic N) is 2. The van der Waals surface area contributed by atoms with Crippen LogP contribution in [0.5, 0.6) is 0 Å². The van der Waals surface area contributed by atoms with Gasteiger partial charge in [-0.05, 0) is 24.5 Å². The van der Waals surface area contributed by atoms with Gasteiger partial charge < -0.3 is 10.6 Å². The summed E-state index contributed by atoms with van der Waals surface area (Å²) in [4.78, 5) is 20.1. The largest absolute Gasteiger partial charge is 0.370 e. The van der Waals surface area contributed by atoms with Crippen LogP contribution in [0.15, 0.2) is 36.7 Å². The van der Waals surface area contributed by atoms with E-state index in [1.165, 1.54) is 12.4 Å². The fourth-order valence-corrected chi connectivity index (χ4v) is 2.27. The second-order valence-corrected chi connectivity index (χ2v) is 5.52. The lowest BCUT2D eigenvalue weighted by Gasteiger charge is -2.08. The number of hydrogen-bond donors (Lipinski definition) is 2. The third-order valence-corrected chi connectivity index (χ3v) is 3.62. The molecule has 0 bridgehead atoms. The van der Waals surface area contributed by atoms with Crippen LogP contribution in [0.4, 0.5) is 10.2 Å². The number of rotatable bonds is 9. The number of unbranched alkanes of at least 4 members (excludes halogenated alkanes) is 2. The first-order valence-corrected chi connectivity index (χ1v) is 8.28. The van der Waals surface area contributed by atoms with Crippen molar-refractivity contribution >= 4 is 11.7 Å². The third-order valence-electron chi connectivity index (χ3n) is 3.62. The molecule has 1 aromatic heterocycles. The summed E-state index contributed by atoms with van der Waals surface area (Å²) in [5.74, 6) is 0.139. The first kappa shape index (κ1) is 17.8. The summed E-state index contributed by atoms with van der Waals surface area (Å²) in [5, 5.41) is 5.94. The Bertz CT molecular complexity index is 663. The quantitative estimate of drug-likeness (QED) is 0.693. The maximum Gasteiger partial charge on any atom is 0.270 e. The molecule has 0 atom stereocenters. The average Bonchev–Trinajstić information content (AvgIpc) is 2.60. The molecule has 2 rings (SSSR count). The molecular weight excluding hydrogens is 307 g/mol. The minimum atomic E-state index is -0.214. The molecule has 24 heavy (non-hydrogen) atoms. The Labute approximate surface area is 141 Å². The number of halogens is 1. The first-order chi connectivity index (χ1) is 11.7. The van der Waals surface area contributed by atoms with Crippen molar-refractivity contribution in [1.82, 2.24) is 15.3 Å². The Kier molecular flexibility index (Phi) is 7.14. The SMILES string of the molecule is CCCCCNC(=O)c1cc(NCCc2ccccc2F)ncn1. The van der Waals surface area contributed by atoms with E-state index in [4.69, 9.17) is 0 Å². The van der Waals surface area contributed by atoms with Gasteiger partial charge in [-0.2, -0.15) is 0 Å². The second kappa shape index (κ2) is 9.60. The third kappa shape index (κ3) is 5.61. The van der Waals surface area contributed by atoms with Crippen molar-refractivity contribution in [2.24, 2.45) is 0 Å². The molecule has 0 radical (unpaired) electrons. The fourth-order valence-electron chi connectivity index (χ4n) is 2.27. The summed E-state index contributed by atoms with van der Waals surface area (Å²) in [6.07, 6.45) is 5.05. The summed E-state index contributed by atoms with van der Waals surface area (Å²) in [6, 6.07) is 8.29. The van der Waals surface area contributed by atoms with Gasteiger partial charge in [0.15, 0.2) is 0 Å². The molecule has 6 heteroatoms. The zero-order valence-corrected chi connectivity index (χ0v) is 13.9. The zero-order chi connectivity index (χ0) is 17.2. The Morgan fingerprint density at radius 3 is 2.79 bits per heavy atom. The van der Waals surface area contributed by atoms with Crippen LogP contribution in [-0.4, -0.2) is 29.0 Å². The van der Waals surface area contributed by atoms with Gasteiger partial charge in [0.2, 0.25) is 0 Å². The minimum Gasteiger partial charge on any atom is -0.370 e. The Balaban J connectivity index is 1.84. The highest BCUT2D eigenvalue weighted by atomic mass is 19.1. The predicted molar refractivity (Wildman–Crippen MR) is 92.5 cm³/mol. The Morgan fingerprint density at radius 2 is 2.00 bits per heavy atom. The van der Waals surface area contributed by atoms with Crippen molar-refractivity contribution in [3.8, 4) is 0 Å². The molecule has 0 fully saturated rings. The standard InChI is InChI=1S/C18H23FN4O/c1-2-3-6-10-21-18(24)16-12-17(23-13-22-16)20-11-9-14-7-4-5-8-15(14)19/h4-5,7-8,12-13H,2-3,6,9-11H2,1H3,(H,21,24)(H,20,22,23). The Hall–Kier alpha value is -2.50. The number of anilines is 1. The highest BCUT2D eigenvalue weighted by Gasteiger charge is 2.08. The smallest absolute Gasteiger partial charge is 0.270 e. The molecule has 0 aliphatic carbocycles. The molecule has 0 aliphatic heterocycles. The monoisotopic (exact) mass is 330 g/mol. The molecule has 0 saturated carbocycles. The van der Waals surface area contributed by atoms with Gasteiger partial charge in [0.1, 0.15) is 23.7 Å². The van der Waals surface area contributed by atoms with Crippen molar-refractivity contribution in [3.05, 3.63) is 53.7 Å². The van der Waals surface area contributed by atoms with Crippen LogP contribution in [0.2, 0.25) is 0 Å². The van der Waals surface area contributed by atoms with E-state index in [0.29, 0.717) is 36.6 Å². The van der Waals surface area contributed by atoms with E-state index in [1.54, 1.807) is 18.2 Å². The highest BCUT2D eigenvalue weighted by Crippen LogP contribution is 2.08. The maximum atomic E-state index is 13.6. The van der Waals surface area contributed by atoms with Gasteiger partial charge in [0, 0.05) is 19.2 Å². The second-order valence-electron chi connectivity index (χ2n) is 5.52. The lowest BCUT2D eigenvalue weighted by molar-refractivity contribution is 0.0948. The fraction of sp³-hybridized carbons (Fsp3) is 0.389. The molecule has 5 nitrogen and oxygen atoms in total. The van der Waals surface area contributed by atoms with E-state index in [0.717, 1.165) is 19.3 Å². The summed E-state index contributed by atoms with van der Waals surface area (Å²) in [6.45, 7) is 3.29. The van der Waals surface area contributed by atoms with Crippen LogP contribution in [0, 0.1) is 5.82 Å². The van der Waals surface area contributed by atoms with Gasteiger partial charge in [0.05, 0.1) is 0 Å².